The highest BCUT2D eigenvalue weighted by Gasteiger charge is 2.37. The number of carbonyl (C=O) groups excluding carboxylic acids is 2. The number of sulfonamides is 1. The molecule has 3 N–H and O–H groups in total. The van der Waals surface area contributed by atoms with Crippen LogP contribution < -0.4 is 15.4 Å². The molecule has 1 atom stereocenters. The smallest absolute Gasteiger partial charge is 0.354 e. The Morgan fingerprint density at radius 1 is 1.08 bits per heavy atom. The summed E-state index contributed by atoms with van der Waals surface area (Å²) in [7, 11) is -4.60. The molecule has 1 unspecified atom stereocenters. The van der Waals surface area contributed by atoms with Crippen LogP contribution in [0.25, 0.3) is 0 Å². The maximum absolute atomic E-state index is 13.3. The molecular formula is C26H31F4N3O4S2. The molecule has 0 radical (unpaired) electrons. The van der Waals surface area contributed by atoms with Gasteiger partial charge in [-0.3, -0.25) is 9.59 Å². The largest absolute Gasteiger partial charge is 0.417 e. The highest BCUT2D eigenvalue weighted by molar-refractivity contribution is 8.04. The maximum Gasteiger partial charge on any atom is 0.417 e. The predicted octanol–water partition coefficient (Wildman–Crippen LogP) is 4.77. The van der Waals surface area contributed by atoms with Gasteiger partial charge in [0.2, 0.25) is 15.9 Å². The maximum atomic E-state index is 13.3. The van der Waals surface area contributed by atoms with Crippen molar-refractivity contribution < 1.29 is 35.6 Å². The van der Waals surface area contributed by atoms with Crippen LogP contribution in [-0.4, -0.2) is 39.4 Å². The summed E-state index contributed by atoms with van der Waals surface area (Å²) in [6.45, 7) is 9.16. The minimum absolute atomic E-state index is 0.0136. The molecule has 39 heavy (non-hydrogen) atoms. The molecule has 13 heteroatoms. The van der Waals surface area contributed by atoms with Crippen LogP contribution in [0.1, 0.15) is 37.8 Å². The lowest BCUT2D eigenvalue weighted by Gasteiger charge is -2.21. The zero-order chi connectivity index (χ0) is 29.4. The molecule has 0 aliphatic carbocycles. The average Bonchev–Trinajstić information content (AvgIpc) is 2.83. The number of alkyl halides is 3. The van der Waals surface area contributed by atoms with Crippen molar-refractivity contribution >= 4 is 33.6 Å². The summed E-state index contributed by atoms with van der Waals surface area (Å²) in [6, 6.07) is 7.88. The molecule has 0 aromatic heterocycles. The Bertz CT molecular complexity index is 1300. The van der Waals surface area contributed by atoms with Crippen molar-refractivity contribution in [2.75, 3.05) is 13.1 Å². The molecule has 0 spiro atoms. The standard InChI is InChI=1S/C26H31F4N3O4S2/c1-16(2)14-21(33-24(34)18(4)38-22-9-6-5-8-17(22)3)25(35)31-12-7-13-32-39(36,37)23-11-10-19(27)15-20(23)26(28,29)30/h5-6,8-11,15-16,21,32H,4,7,12-14H2,1-3H3,(H,31,35)(H,33,34). The second-order valence-electron chi connectivity index (χ2n) is 9.13. The van der Waals surface area contributed by atoms with Gasteiger partial charge in [-0.05, 0) is 55.5 Å². The van der Waals surface area contributed by atoms with Crippen LogP contribution in [0.15, 0.2) is 63.7 Å². The fraction of sp³-hybridized carbons (Fsp3) is 0.385. The van der Waals surface area contributed by atoms with E-state index in [4.69, 9.17) is 0 Å². The summed E-state index contributed by atoms with van der Waals surface area (Å²) >= 11 is 1.18. The molecule has 0 fully saturated rings. The van der Waals surface area contributed by atoms with E-state index in [1.54, 1.807) is 0 Å². The van der Waals surface area contributed by atoms with Crippen molar-refractivity contribution in [3.8, 4) is 0 Å². The Kier molecular flexibility index (Phi) is 11.6. The van der Waals surface area contributed by atoms with Crippen molar-refractivity contribution in [2.24, 2.45) is 5.92 Å². The van der Waals surface area contributed by atoms with Crippen LogP contribution in [0, 0.1) is 18.7 Å². The molecule has 2 amide bonds. The number of carbonyl (C=O) groups is 2. The molecule has 0 aliphatic rings. The first-order valence-electron chi connectivity index (χ1n) is 12.0. The number of rotatable bonds is 13. The summed E-state index contributed by atoms with van der Waals surface area (Å²) in [5.74, 6) is -2.16. The van der Waals surface area contributed by atoms with Crippen molar-refractivity contribution in [3.63, 3.8) is 0 Å². The molecule has 7 nitrogen and oxygen atoms in total. The number of nitrogens with one attached hydrogen (secondary N) is 3. The molecule has 214 valence electrons. The van der Waals surface area contributed by atoms with Crippen LogP contribution in [0.4, 0.5) is 17.6 Å². The molecular weight excluding hydrogens is 558 g/mol. The summed E-state index contributed by atoms with van der Waals surface area (Å²) in [5.41, 5.74) is -0.643. The average molecular weight is 590 g/mol. The Labute approximate surface area is 229 Å². The highest BCUT2D eigenvalue weighted by atomic mass is 32.2. The zero-order valence-electron chi connectivity index (χ0n) is 21.7. The van der Waals surface area contributed by atoms with Gasteiger partial charge in [0.15, 0.2) is 0 Å². The lowest BCUT2D eigenvalue weighted by Crippen LogP contribution is -2.48. The number of aryl methyl sites for hydroxylation is 1. The first-order chi connectivity index (χ1) is 18.1. The van der Waals surface area contributed by atoms with Crippen molar-refractivity contribution in [1.82, 2.24) is 15.4 Å². The predicted molar refractivity (Wildman–Crippen MR) is 142 cm³/mol. The molecule has 0 bridgehead atoms. The Morgan fingerprint density at radius 3 is 2.36 bits per heavy atom. The summed E-state index contributed by atoms with van der Waals surface area (Å²) in [4.78, 5) is 25.4. The van der Waals surface area contributed by atoms with Crippen LogP contribution in [-0.2, 0) is 25.8 Å². The number of amides is 2. The minimum atomic E-state index is -5.07. The number of thioether (sulfide) groups is 1. The topological polar surface area (TPSA) is 104 Å². The quantitative estimate of drug-likeness (QED) is 0.135. The van der Waals surface area contributed by atoms with Gasteiger partial charge in [0, 0.05) is 18.0 Å². The summed E-state index contributed by atoms with van der Waals surface area (Å²) < 4.78 is 79.7. The molecule has 0 saturated carbocycles. The van der Waals surface area contributed by atoms with Gasteiger partial charge in [-0.1, -0.05) is 50.4 Å². The van der Waals surface area contributed by atoms with E-state index in [2.05, 4.69) is 17.2 Å². The van der Waals surface area contributed by atoms with Gasteiger partial charge in [-0.15, -0.1) is 0 Å². The number of hydrogen-bond acceptors (Lipinski definition) is 5. The SMILES string of the molecule is C=C(Sc1ccccc1C)C(=O)NC(CC(C)C)C(=O)NCCCNS(=O)(=O)c1ccc(F)cc1C(F)(F)F. The van der Waals surface area contributed by atoms with Gasteiger partial charge >= 0.3 is 6.18 Å². The van der Waals surface area contributed by atoms with E-state index in [1.165, 1.54) is 11.8 Å². The normalized spacial score (nSPS) is 12.7. The molecule has 2 aromatic carbocycles. The summed E-state index contributed by atoms with van der Waals surface area (Å²) in [5, 5.41) is 5.28. The second-order valence-corrected chi connectivity index (χ2v) is 12.0. The number of halogens is 4. The Morgan fingerprint density at radius 2 is 1.74 bits per heavy atom. The van der Waals surface area contributed by atoms with Gasteiger partial charge in [0.1, 0.15) is 11.9 Å². The van der Waals surface area contributed by atoms with E-state index in [0.717, 1.165) is 10.5 Å². The first kappa shape index (κ1) is 32.3. The van der Waals surface area contributed by atoms with Crippen molar-refractivity contribution in [1.29, 1.82) is 0 Å². The molecule has 2 rings (SSSR count). The fourth-order valence-electron chi connectivity index (χ4n) is 3.46. The van der Waals surface area contributed by atoms with E-state index >= 15 is 0 Å². The Balaban J connectivity index is 1.92. The molecule has 0 heterocycles. The third-order valence-electron chi connectivity index (χ3n) is 5.39. The Hall–Kier alpha value is -2.90. The monoisotopic (exact) mass is 589 g/mol. The fourth-order valence-corrected chi connectivity index (χ4v) is 5.53. The summed E-state index contributed by atoms with van der Waals surface area (Å²) in [6.07, 6.45) is -4.69. The van der Waals surface area contributed by atoms with Crippen LogP contribution >= 0.6 is 11.8 Å². The molecule has 2 aromatic rings. The number of benzene rings is 2. The molecule has 0 saturated heterocycles. The third kappa shape index (κ3) is 9.97. The zero-order valence-corrected chi connectivity index (χ0v) is 23.3. The van der Waals surface area contributed by atoms with Crippen molar-refractivity contribution in [2.45, 2.75) is 55.6 Å². The second kappa shape index (κ2) is 13.9. The van der Waals surface area contributed by atoms with E-state index in [0.29, 0.717) is 18.6 Å². The lowest BCUT2D eigenvalue weighted by atomic mass is 10.0. The van der Waals surface area contributed by atoms with Gasteiger partial charge in [0.25, 0.3) is 5.91 Å². The highest BCUT2D eigenvalue weighted by Crippen LogP contribution is 2.34. The van der Waals surface area contributed by atoms with Crippen molar-refractivity contribution in [3.05, 3.63) is 70.9 Å². The molecule has 0 aliphatic heterocycles. The minimum Gasteiger partial charge on any atom is -0.354 e. The third-order valence-corrected chi connectivity index (χ3v) is 8.02. The number of hydrogen-bond donors (Lipinski definition) is 3. The van der Waals surface area contributed by atoms with Crippen LogP contribution in [0.2, 0.25) is 0 Å². The van der Waals surface area contributed by atoms with E-state index in [1.807, 2.05) is 49.8 Å². The lowest BCUT2D eigenvalue weighted by molar-refractivity contribution is -0.140. The van der Waals surface area contributed by atoms with E-state index < -0.39 is 50.3 Å². The van der Waals surface area contributed by atoms with Gasteiger partial charge < -0.3 is 10.6 Å². The van der Waals surface area contributed by atoms with Gasteiger partial charge in [-0.2, -0.15) is 13.2 Å². The van der Waals surface area contributed by atoms with E-state index in [-0.39, 0.29) is 36.4 Å². The van der Waals surface area contributed by atoms with Gasteiger partial charge in [-0.25, -0.2) is 17.5 Å². The van der Waals surface area contributed by atoms with Crippen LogP contribution in [0.3, 0.4) is 0 Å². The van der Waals surface area contributed by atoms with Gasteiger partial charge in [0.05, 0.1) is 15.4 Å². The van der Waals surface area contributed by atoms with E-state index in [9.17, 15) is 35.6 Å². The van der Waals surface area contributed by atoms with Crippen LogP contribution in [0.5, 0.6) is 0 Å². The first-order valence-corrected chi connectivity index (χ1v) is 14.3.